The molecule has 0 spiro atoms. The topological polar surface area (TPSA) is 68.0 Å². The van der Waals surface area contributed by atoms with Crippen LogP contribution in [0.15, 0.2) is 35.8 Å². The summed E-state index contributed by atoms with van der Waals surface area (Å²) in [5.74, 6) is -1.89. The van der Waals surface area contributed by atoms with Gasteiger partial charge in [-0.05, 0) is 52.0 Å². The molecule has 0 amide bonds. The zero-order valence-corrected chi connectivity index (χ0v) is 15.8. The SMILES string of the molecule is CC(C(=O)O)c1csc(-c2cnn(C(C)(C)C)c2-c2ccc(F)cc2)n1. The van der Waals surface area contributed by atoms with Gasteiger partial charge in [0.25, 0.3) is 0 Å². The third-order valence-electron chi connectivity index (χ3n) is 4.09. The van der Waals surface area contributed by atoms with Crippen LogP contribution in [0.25, 0.3) is 21.8 Å². The van der Waals surface area contributed by atoms with Gasteiger partial charge in [0.05, 0.1) is 34.6 Å². The molecule has 0 aliphatic rings. The van der Waals surface area contributed by atoms with Gasteiger partial charge < -0.3 is 5.11 Å². The minimum atomic E-state index is -0.911. The van der Waals surface area contributed by atoms with Crippen molar-refractivity contribution >= 4 is 17.3 Å². The minimum absolute atomic E-state index is 0.281. The van der Waals surface area contributed by atoms with Gasteiger partial charge in [0, 0.05) is 10.9 Å². The molecule has 0 aliphatic carbocycles. The Morgan fingerprint density at radius 2 is 1.92 bits per heavy atom. The lowest BCUT2D eigenvalue weighted by Gasteiger charge is -2.23. The Hall–Kier alpha value is -2.54. The number of hydrogen-bond acceptors (Lipinski definition) is 4. The summed E-state index contributed by atoms with van der Waals surface area (Å²) in [4.78, 5) is 15.7. The number of carboxylic acids is 1. The first-order valence-electron chi connectivity index (χ1n) is 8.21. The number of benzene rings is 1. The third-order valence-corrected chi connectivity index (χ3v) is 4.98. The fraction of sp³-hybridized carbons (Fsp3) is 0.316. The molecule has 7 heteroatoms. The maximum atomic E-state index is 13.4. The Morgan fingerprint density at radius 1 is 1.27 bits per heavy atom. The van der Waals surface area contributed by atoms with E-state index in [1.165, 1.54) is 23.5 Å². The molecule has 0 bridgehead atoms. The summed E-state index contributed by atoms with van der Waals surface area (Å²) in [6.07, 6.45) is 1.73. The Kier molecular flexibility index (Phi) is 4.66. The van der Waals surface area contributed by atoms with E-state index in [2.05, 4.69) is 10.1 Å². The van der Waals surface area contributed by atoms with E-state index >= 15 is 0 Å². The molecule has 5 nitrogen and oxygen atoms in total. The van der Waals surface area contributed by atoms with Crippen LogP contribution in [0.2, 0.25) is 0 Å². The third kappa shape index (κ3) is 3.39. The second-order valence-electron chi connectivity index (χ2n) is 7.13. The molecule has 3 aromatic rings. The Morgan fingerprint density at radius 3 is 2.50 bits per heavy atom. The van der Waals surface area contributed by atoms with Crippen LogP contribution in [0.1, 0.15) is 39.3 Å². The smallest absolute Gasteiger partial charge is 0.312 e. The first kappa shape index (κ1) is 18.3. The summed E-state index contributed by atoms with van der Waals surface area (Å²) in [7, 11) is 0. The molecule has 1 aromatic carbocycles. The highest BCUT2D eigenvalue weighted by molar-refractivity contribution is 7.13. The lowest BCUT2D eigenvalue weighted by Crippen LogP contribution is -2.24. The Labute approximate surface area is 155 Å². The van der Waals surface area contributed by atoms with Crippen LogP contribution in [0.4, 0.5) is 4.39 Å². The molecule has 1 unspecified atom stereocenters. The molecule has 3 rings (SSSR count). The van der Waals surface area contributed by atoms with Gasteiger partial charge in [0.2, 0.25) is 0 Å². The zero-order valence-electron chi connectivity index (χ0n) is 15.0. The van der Waals surface area contributed by atoms with Crippen LogP contribution in [-0.4, -0.2) is 25.8 Å². The van der Waals surface area contributed by atoms with Crippen molar-refractivity contribution in [1.82, 2.24) is 14.8 Å². The van der Waals surface area contributed by atoms with E-state index in [9.17, 15) is 14.3 Å². The van der Waals surface area contributed by atoms with Crippen molar-refractivity contribution in [2.75, 3.05) is 0 Å². The number of aliphatic carboxylic acids is 1. The van der Waals surface area contributed by atoms with Gasteiger partial charge in [-0.3, -0.25) is 9.48 Å². The molecule has 2 aromatic heterocycles. The number of carbonyl (C=O) groups is 1. The molecule has 0 fully saturated rings. The molecule has 0 radical (unpaired) electrons. The van der Waals surface area contributed by atoms with Crippen molar-refractivity contribution < 1.29 is 14.3 Å². The van der Waals surface area contributed by atoms with Crippen LogP contribution < -0.4 is 0 Å². The van der Waals surface area contributed by atoms with Gasteiger partial charge in [-0.1, -0.05) is 0 Å². The Balaban J connectivity index is 2.15. The standard InChI is InChI=1S/C19H20FN3O2S/c1-11(18(24)25)15-10-26-17(22-15)14-9-21-23(19(2,3)4)16(14)12-5-7-13(20)8-6-12/h5-11H,1-4H3,(H,24,25). The molecule has 26 heavy (non-hydrogen) atoms. The predicted octanol–water partition coefficient (Wildman–Crippen LogP) is 4.76. The van der Waals surface area contributed by atoms with E-state index < -0.39 is 11.9 Å². The van der Waals surface area contributed by atoms with E-state index in [1.54, 1.807) is 30.6 Å². The van der Waals surface area contributed by atoms with E-state index in [0.29, 0.717) is 10.7 Å². The van der Waals surface area contributed by atoms with E-state index in [0.717, 1.165) is 16.8 Å². The monoisotopic (exact) mass is 373 g/mol. The molecular formula is C19H20FN3O2S. The van der Waals surface area contributed by atoms with Crippen LogP contribution in [0.5, 0.6) is 0 Å². The second kappa shape index (κ2) is 6.64. The Bertz CT molecular complexity index is 939. The summed E-state index contributed by atoms with van der Waals surface area (Å²) >= 11 is 1.38. The first-order valence-corrected chi connectivity index (χ1v) is 9.09. The molecule has 1 atom stereocenters. The minimum Gasteiger partial charge on any atom is -0.481 e. The highest BCUT2D eigenvalue weighted by atomic mass is 32.1. The number of carboxylic acid groups (broad SMARTS) is 1. The summed E-state index contributed by atoms with van der Waals surface area (Å²) in [5.41, 5.74) is 2.71. The number of hydrogen-bond donors (Lipinski definition) is 1. The average Bonchev–Trinajstić information content (AvgIpc) is 3.21. The van der Waals surface area contributed by atoms with Crippen molar-refractivity contribution in [3.8, 4) is 21.8 Å². The van der Waals surface area contributed by atoms with Crippen LogP contribution in [0.3, 0.4) is 0 Å². The van der Waals surface area contributed by atoms with Gasteiger partial charge in [-0.25, -0.2) is 9.37 Å². The first-order chi connectivity index (χ1) is 12.2. The number of halogens is 1. The van der Waals surface area contributed by atoms with Gasteiger partial charge in [-0.15, -0.1) is 11.3 Å². The van der Waals surface area contributed by atoms with Crippen molar-refractivity contribution in [2.45, 2.75) is 39.2 Å². The average molecular weight is 373 g/mol. The molecule has 0 aliphatic heterocycles. The highest BCUT2D eigenvalue weighted by Gasteiger charge is 2.25. The van der Waals surface area contributed by atoms with E-state index in [-0.39, 0.29) is 11.4 Å². The van der Waals surface area contributed by atoms with Crippen molar-refractivity contribution in [1.29, 1.82) is 0 Å². The number of aromatic nitrogens is 3. The molecule has 2 heterocycles. The van der Waals surface area contributed by atoms with Gasteiger partial charge >= 0.3 is 5.97 Å². The van der Waals surface area contributed by atoms with Gasteiger partial charge in [0.15, 0.2) is 0 Å². The lowest BCUT2D eigenvalue weighted by molar-refractivity contribution is -0.138. The lowest BCUT2D eigenvalue weighted by atomic mass is 10.0. The number of nitrogens with zero attached hydrogens (tertiary/aromatic N) is 3. The van der Waals surface area contributed by atoms with Crippen molar-refractivity contribution in [3.05, 3.63) is 47.4 Å². The molecule has 1 N–H and O–H groups in total. The van der Waals surface area contributed by atoms with E-state index in [4.69, 9.17) is 0 Å². The summed E-state index contributed by atoms with van der Waals surface area (Å²) in [6, 6.07) is 6.26. The molecular weight excluding hydrogens is 353 g/mol. The van der Waals surface area contributed by atoms with Gasteiger partial charge in [0.1, 0.15) is 10.8 Å². The number of rotatable bonds is 4. The summed E-state index contributed by atoms with van der Waals surface area (Å²) < 4.78 is 15.3. The maximum absolute atomic E-state index is 13.4. The second-order valence-corrected chi connectivity index (χ2v) is 7.99. The van der Waals surface area contributed by atoms with Gasteiger partial charge in [-0.2, -0.15) is 5.10 Å². The van der Waals surface area contributed by atoms with Crippen molar-refractivity contribution in [3.63, 3.8) is 0 Å². The highest BCUT2D eigenvalue weighted by Crippen LogP contribution is 2.37. The zero-order chi connectivity index (χ0) is 19.1. The number of thiazole rings is 1. The molecule has 0 saturated heterocycles. The molecule has 0 saturated carbocycles. The van der Waals surface area contributed by atoms with Crippen molar-refractivity contribution in [2.24, 2.45) is 0 Å². The quantitative estimate of drug-likeness (QED) is 0.716. The largest absolute Gasteiger partial charge is 0.481 e. The van der Waals surface area contributed by atoms with Crippen LogP contribution >= 0.6 is 11.3 Å². The van der Waals surface area contributed by atoms with Crippen LogP contribution in [-0.2, 0) is 10.3 Å². The van der Waals surface area contributed by atoms with E-state index in [1.807, 2.05) is 25.5 Å². The van der Waals surface area contributed by atoms with Crippen LogP contribution in [0, 0.1) is 5.82 Å². The maximum Gasteiger partial charge on any atom is 0.312 e. The molecule has 136 valence electrons. The summed E-state index contributed by atoms with van der Waals surface area (Å²) in [5, 5.41) is 16.2. The predicted molar refractivity (Wildman–Crippen MR) is 99.8 cm³/mol. The normalized spacial score (nSPS) is 13.0. The fourth-order valence-electron chi connectivity index (χ4n) is 2.63. The summed E-state index contributed by atoms with van der Waals surface area (Å²) in [6.45, 7) is 7.73. The fourth-order valence-corrected chi connectivity index (χ4v) is 3.56.